The molecule has 0 aromatic carbocycles. The number of nitrogen functional groups attached to an aromatic ring is 1. The summed E-state index contributed by atoms with van der Waals surface area (Å²) in [5, 5.41) is 0. The first-order valence-electron chi connectivity index (χ1n) is 6.25. The Bertz CT molecular complexity index is 459. The Morgan fingerprint density at radius 3 is 2.68 bits per heavy atom. The molecule has 0 saturated heterocycles. The number of hydrogen-bond acceptors (Lipinski definition) is 5. The van der Waals surface area contributed by atoms with Crippen molar-refractivity contribution in [2.24, 2.45) is 5.92 Å². The normalized spacial score (nSPS) is 22.8. The number of hydrogen-bond donors (Lipinski definition) is 1. The number of pyridine rings is 1. The van der Waals surface area contributed by atoms with Gasteiger partial charge in [0.15, 0.2) is 5.82 Å². The summed E-state index contributed by atoms with van der Waals surface area (Å²) in [7, 11) is 1.39. The zero-order valence-corrected chi connectivity index (χ0v) is 10.8. The molecule has 0 amide bonds. The largest absolute Gasteiger partial charge is 0.472 e. The molecule has 104 valence electrons. The summed E-state index contributed by atoms with van der Waals surface area (Å²) >= 11 is 0. The van der Waals surface area contributed by atoms with Crippen molar-refractivity contribution in [3.8, 4) is 5.88 Å². The lowest BCUT2D eigenvalue weighted by Crippen LogP contribution is -2.29. The third-order valence-corrected chi connectivity index (χ3v) is 3.32. The molecule has 0 aliphatic heterocycles. The van der Waals surface area contributed by atoms with Crippen LogP contribution in [0.2, 0.25) is 0 Å². The molecule has 0 radical (unpaired) electrons. The van der Waals surface area contributed by atoms with E-state index in [0.29, 0.717) is 25.7 Å². The average molecular weight is 268 g/mol. The number of anilines is 1. The van der Waals surface area contributed by atoms with Gasteiger partial charge in [0.1, 0.15) is 6.10 Å². The fourth-order valence-electron chi connectivity index (χ4n) is 2.27. The van der Waals surface area contributed by atoms with Gasteiger partial charge in [-0.2, -0.15) is 0 Å². The number of carbonyl (C=O) groups is 1. The van der Waals surface area contributed by atoms with Gasteiger partial charge in [-0.1, -0.05) is 0 Å². The third kappa shape index (κ3) is 3.33. The Morgan fingerprint density at radius 1 is 1.42 bits per heavy atom. The topological polar surface area (TPSA) is 74.4 Å². The maximum Gasteiger partial charge on any atom is 0.308 e. The number of methoxy groups -OCH3 is 1. The van der Waals surface area contributed by atoms with Crippen molar-refractivity contribution in [2.75, 3.05) is 12.8 Å². The fraction of sp³-hybridized carbons (Fsp3) is 0.538. The highest BCUT2D eigenvalue weighted by Gasteiger charge is 2.28. The summed E-state index contributed by atoms with van der Waals surface area (Å²) in [5.74, 6) is -0.852. The predicted molar refractivity (Wildman–Crippen MR) is 67.0 cm³/mol. The number of esters is 1. The van der Waals surface area contributed by atoms with Crippen LogP contribution in [0, 0.1) is 11.7 Å². The summed E-state index contributed by atoms with van der Waals surface area (Å²) in [6, 6.07) is 1.18. The highest BCUT2D eigenvalue weighted by atomic mass is 19.1. The molecule has 0 unspecified atom stereocenters. The number of nitrogens with zero attached hydrogens (tertiary/aromatic N) is 1. The molecule has 1 fully saturated rings. The van der Waals surface area contributed by atoms with E-state index < -0.39 is 5.82 Å². The molecule has 6 heteroatoms. The Morgan fingerprint density at radius 2 is 2.11 bits per heavy atom. The van der Waals surface area contributed by atoms with Gasteiger partial charge in [0.2, 0.25) is 0 Å². The fourth-order valence-corrected chi connectivity index (χ4v) is 2.27. The zero-order chi connectivity index (χ0) is 13.8. The van der Waals surface area contributed by atoms with Gasteiger partial charge in [0.25, 0.3) is 5.88 Å². The van der Waals surface area contributed by atoms with E-state index in [4.69, 9.17) is 15.2 Å². The molecule has 1 saturated carbocycles. The van der Waals surface area contributed by atoms with Crippen molar-refractivity contribution >= 4 is 11.7 Å². The smallest absolute Gasteiger partial charge is 0.308 e. The average Bonchev–Trinajstić information content (AvgIpc) is 2.42. The number of carbonyl (C=O) groups excluding carboxylic acids is 1. The summed E-state index contributed by atoms with van der Waals surface area (Å²) in [5.41, 5.74) is 5.68. The standard InChI is InChI=1S/C13H17FN2O3/c1-18-13(17)8-2-4-10(5-3-8)19-12-11(14)6-9(15)7-16-12/h6-8,10H,2-5,15H2,1H3. The zero-order valence-electron chi connectivity index (χ0n) is 10.8. The van der Waals surface area contributed by atoms with Crippen LogP contribution in [0.1, 0.15) is 25.7 Å². The van der Waals surface area contributed by atoms with Crippen LogP contribution in [-0.2, 0) is 9.53 Å². The molecule has 2 rings (SSSR count). The molecule has 0 spiro atoms. The van der Waals surface area contributed by atoms with E-state index in [-0.39, 0.29) is 29.6 Å². The molecule has 1 aliphatic carbocycles. The van der Waals surface area contributed by atoms with E-state index in [2.05, 4.69) is 4.98 Å². The Balaban J connectivity index is 1.90. The van der Waals surface area contributed by atoms with Crippen molar-refractivity contribution in [2.45, 2.75) is 31.8 Å². The van der Waals surface area contributed by atoms with E-state index >= 15 is 0 Å². The maximum absolute atomic E-state index is 13.5. The number of aromatic nitrogens is 1. The van der Waals surface area contributed by atoms with Crippen LogP contribution < -0.4 is 10.5 Å². The number of rotatable bonds is 3. The van der Waals surface area contributed by atoms with Gasteiger partial charge < -0.3 is 15.2 Å². The van der Waals surface area contributed by atoms with Crippen molar-refractivity contribution in [1.29, 1.82) is 0 Å². The second-order valence-electron chi connectivity index (χ2n) is 4.67. The molecule has 1 aromatic rings. The van der Waals surface area contributed by atoms with E-state index in [1.54, 1.807) is 0 Å². The minimum atomic E-state index is -0.560. The van der Waals surface area contributed by atoms with Crippen molar-refractivity contribution in [1.82, 2.24) is 4.98 Å². The highest BCUT2D eigenvalue weighted by molar-refractivity contribution is 5.72. The molecule has 5 nitrogen and oxygen atoms in total. The Kier molecular flexibility index (Phi) is 4.19. The molecule has 1 aliphatic rings. The van der Waals surface area contributed by atoms with Crippen LogP contribution in [-0.4, -0.2) is 24.2 Å². The lowest BCUT2D eigenvalue weighted by atomic mass is 9.87. The van der Waals surface area contributed by atoms with E-state index in [1.165, 1.54) is 19.4 Å². The summed E-state index contributed by atoms with van der Waals surface area (Å²) < 4.78 is 23.7. The van der Waals surface area contributed by atoms with Gasteiger partial charge in [-0.05, 0) is 25.7 Å². The van der Waals surface area contributed by atoms with Gasteiger partial charge in [-0.25, -0.2) is 9.37 Å². The number of halogens is 1. The Hall–Kier alpha value is -1.85. The van der Waals surface area contributed by atoms with Gasteiger partial charge >= 0.3 is 5.97 Å². The van der Waals surface area contributed by atoms with Crippen molar-refractivity contribution in [3.63, 3.8) is 0 Å². The van der Waals surface area contributed by atoms with Gasteiger partial charge in [0.05, 0.1) is 24.9 Å². The molecule has 0 atom stereocenters. The first-order chi connectivity index (χ1) is 9.10. The Labute approximate surface area is 110 Å². The van der Waals surface area contributed by atoms with Crippen molar-refractivity contribution in [3.05, 3.63) is 18.1 Å². The van der Waals surface area contributed by atoms with E-state index in [0.717, 1.165) is 0 Å². The summed E-state index contributed by atoms with van der Waals surface area (Å²) in [6.07, 6.45) is 3.99. The SMILES string of the molecule is COC(=O)C1CCC(Oc2ncc(N)cc2F)CC1. The molecule has 19 heavy (non-hydrogen) atoms. The van der Waals surface area contributed by atoms with Gasteiger partial charge in [-0.3, -0.25) is 4.79 Å². The van der Waals surface area contributed by atoms with Crippen LogP contribution in [0.4, 0.5) is 10.1 Å². The molecular formula is C13H17FN2O3. The van der Waals surface area contributed by atoms with Crippen molar-refractivity contribution < 1.29 is 18.7 Å². The minimum absolute atomic E-state index is 0.0317. The lowest BCUT2D eigenvalue weighted by Gasteiger charge is -2.27. The second-order valence-corrected chi connectivity index (χ2v) is 4.67. The minimum Gasteiger partial charge on any atom is -0.472 e. The molecule has 1 aromatic heterocycles. The quantitative estimate of drug-likeness (QED) is 0.848. The van der Waals surface area contributed by atoms with Crippen LogP contribution in [0.25, 0.3) is 0 Å². The van der Waals surface area contributed by atoms with Crippen LogP contribution >= 0.6 is 0 Å². The first kappa shape index (κ1) is 13.6. The molecule has 0 bridgehead atoms. The summed E-state index contributed by atoms with van der Waals surface area (Å²) in [6.45, 7) is 0. The van der Waals surface area contributed by atoms with E-state index in [9.17, 15) is 9.18 Å². The van der Waals surface area contributed by atoms with Crippen LogP contribution in [0.5, 0.6) is 5.88 Å². The summed E-state index contributed by atoms with van der Waals surface area (Å²) in [4.78, 5) is 15.2. The first-order valence-corrected chi connectivity index (χ1v) is 6.25. The molecule has 1 heterocycles. The van der Waals surface area contributed by atoms with Crippen LogP contribution in [0.15, 0.2) is 12.3 Å². The third-order valence-electron chi connectivity index (χ3n) is 3.32. The van der Waals surface area contributed by atoms with Crippen LogP contribution in [0.3, 0.4) is 0 Å². The predicted octanol–water partition coefficient (Wildman–Crippen LogP) is 1.91. The van der Waals surface area contributed by atoms with Gasteiger partial charge in [0, 0.05) is 6.07 Å². The van der Waals surface area contributed by atoms with Gasteiger partial charge in [-0.15, -0.1) is 0 Å². The number of nitrogens with two attached hydrogens (primary N) is 1. The van der Waals surface area contributed by atoms with E-state index in [1.807, 2.05) is 0 Å². The monoisotopic (exact) mass is 268 g/mol. The second kappa shape index (κ2) is 5.86. The molecule has 2 N–H and O–H groups in total. The highest BCUT2D eigenvalue weighted by Crippen LogP contribution is 2.28. The maximum atomic E-state index is 13.5. The molecular weight excluding hydrogens is 251 g/mol. The lowest BCUT2D eigenvalue weighted by molar-refractivity contribution is -0.147. The number of ether oxygens (including phenoxy) is 2.